The molecule has 2 saturated heterocycles. The standard InChI is InChI=1S/C18H24N2O6S/c1-12-15(27(24,25)20-7-2-3-8-20)9-14(26-12)16(21)19-10-13-5-4-6-18(13,11-19)17(22)23/h9,13H,2-8,10-11H2,1H3,(H,22,23)/t13-,18+/m0/s1. The molecule has 148 valence electrons. The second-order valence-electron chi connectivity index (χ2n) is 7.88. The highest BCUT2D eigenvalue weighted by Crippen LogP contribution is 2.49. The van der Waals surface area contributed by atoms with Crippen molar-refractivity contribution in [1.82, 2.24) is 9.21 Å². The Balaban J connectivity index is 1.58. The van der Waals surface area contributed by atoms with Gasteiger partial charge in [-0.25, -0.2) is 8.42 Å². The van der Waals surface area contributed by atoms with Crippen molar-refractivity contribution in [1.29, 1.82) is 0 Å². The van der Waals surface area contributed by atoms with Crippen LogP contribution in [-0.2, 0) is 14.8 Å². The van der Waals surface area contributed by atoms with E-state index in [-0.39, 0.29) is 28.9 Å². The molecule has 1 aromatic rings. The summed E-state index contributed by atoms with van der Waals surface area (Å²) in [4.78, 5) is 26.2. The Kier molecular flexibility index (Phi) is 4.34. The van der Waals surface area contributed by atoms with Crippen LogP contribution in [0.3, 0.4) is 0 Å². The first-order valence-corrected chi connectivity index (χ1v) is 10.8. The molecule has 27 heavy (non-hydrogen) atoms. The molecule has 0 aromatic carbocycles. The van der Waals surface area contributed by atoms with Gasteiger partial charge in [-0.3, -0.25) is 9.59 Å². The van der Waals surface area contributed by atoms with Crippen LogP contribution < -0.4 is 0 Å². The Labute approximate surface area is 158 Å². The quantitative estimate of drug-likeness (QED) is 0.830. The van der Waals surface area contributed by atoms with Gasteiger partial charge in [0.2, 0.25) is 10.0 Å². The van der Waals surface area contributed by atoms with Crippen LogP contribution in [0.4, 0.5) is 0 Å². The van der Waals surface area contributed by atoms with Gasteiger partial charge in [0.1, 0.15) is 10.7 Å². The third-order valence-electron chi connectivity index (χ3n) is 6.35. The summed E-state index contributed by atoms with van der Waals surface area (Å²) >= 11 is 0. The van der Waals surface area contributed by atoms with Crippen LogP contribution in [0.5, 0.6) is 0 Å². The van der Waals surface area contributed by atoms with Gasteiger partial charge in [0, 0.05) is 32.2 Å². The van der Waals surface area contributed by atoms with Crippen LogP contribution in [0.25, 0.3) is 0 Å². The van der Waals surface area contributed by atoms with E-state index in [4.69, 9.17) is 4.42 Å². The maximum Gasteiger partial charge on any atom is 0.311 e. The van der Waals surface area contributed by atoms with Gasteiger partial charge in [-0.05, 0) is 38.5 Å². The molecule has 1 amide bonds. The maximum atomic E-state index is 12.9. The second kappa shape index (κ2) is 6.34. The van der Waals surface area contributed by atoms with Crippen LogP contribution >= 0.6 is 0 Å². The first kappa shape index (κ1) is 18.5. The Morgan fingerprint density at radius 2 is 1.96 bits per heavy atom. The third kappa shape index (κ3) is 2.79. The summed E-state index contributed by atoms with van der Waals surface area (Å²) in [6.45, 7) is 3.02. The summed E-state index contributed by atoms with van der Waals surface area (Å²) in [5, 5.41) is 9.67. The minimum Gasteiger partial charge on any atom is -0.481 e. The fraction of sp³-hybridized carbons (Fsp3) is 0.667. The summed E-state index contributed by atoms with van der Waals surface area (Å²) in [5.74, 6) is -1.18. The van der Waals surface area contributed by atoms with E-state index in [9.17, 15) is 23.1 Å². The normalized spacial score (nSPS) is 28.6. The number of nitrogens with zero attached hydrogens (tertiary/aromatic N) is 2. The number of amides is 1. The van der Waals surface area contributed by atoms with Crippen molar-refractivity contribution in [3.63, 3.8) is 0 Å². The molecule has 3 aliphatic rings. The zero-order valence-electron chi connectivity index (χ0n) is 15.3. The number of carboxylic acid groups (broad SMARTS) is 1. The lowest BCUT2D eigenvalue weighted by atomic mass is 9.81. The van der Waals surface area contributed by atoms with Crippen molar-refractivity contribution in [2.24, 2.45) is 11.3 Å². The molecule has 3 heterocycles. The molecular formula is C18H24N2O6S. The Morgan fingerprint density at radius 1 is 1.26 bits per heavy atom. The summed E-state index contributed by atoms with van der Waals surface area (Å²) in [7, 11) is -3.67. The van der Waals surface area contributed by atoms with Crippen molar-refractivity contribution in [2.75, 3.05) is 26.2 Å². The summed E-state index contributed by atoms with van der Waals surface area (Å²) in [6.07, 6.45) is 3.88. The first-order chi connectivity index (χ1) is 12.8. The first-order valence-electron chi connectivity index (χ1n) is 9.39. The van der Waals surface area contributed by atoms with Crippen LogP contribution in [0.15, 0.2) is 15.4 Å². The molecule has 2 aliphatic heterocycles. The van der Waals surface area contributed by atoms with Gasteiger partial charge in [0.25, 0.3) is 5.91 Å². The molecule has 0 radical (unpaired) electrons. The summed E-state index contributed by atoms with van der Waals surface area (Å²) < 4.78 is 32.5. The maximum absolute atomic E-state index is 12.9. The third-order valence-corrected chi connectivity index (χ3v) is 8.36. The van der Waals surface area contributed by atoms with Crippen molar-refractivity contribution in [3.05, 3.63) is 17.6 Å². The number of likely N-dealkylation sites (tertiary alicyclic amines) is 1. The molecule has 0 unspecified atom stereocenters. The van der Waals surface area contributed by atoms with Gasteiger partial charge in [-0.15, -0.1) is 0 Å². The SMILES string of the molecule is Cc1oc(C(=O)N2C[C@@H]3CCC[C@@]3(C(=O)O)C2)cc1S(=O)(=O)N1CCCC1. The minimum absolute atomic E-state index is 0.0279. The van der Waals surface area contributed by atoms with E-state index in [2.05, 4.69) is 0 Å². The molecular weight excluding hydrogens is 372 g/mol. The average molecular weight is 396 g/mol. The van der Waals surface area contributed by atoms with E-state index >= 15 is 0 Å². The van der Waals surface area contributed by atoms with Gasteiger partial charge in [-0.1, -0.05) is 6.42 Å². The molecule has 1 saturated carbocycles. The van der Waals surface area contributed by atoms with Crippen molar-refractivity contribution in [3.8, 4) is 0 Å². The number of carbonyl (C=O) groups excluding carboxylic acids is 1. The number of rotatable bonds is 4. The lowest BCUT2D eigenvalue weighted by Crippen LogP contribution is -2.37. The monoisotopic (exact) mass is 396 g/mol. The van der Waals surface area contributed by atoms with Gasteiger partial charge >= 0.3 is 5.97 Å². The number of hydrogen-bond donors (Lipinski definition) is 1. The summed E-state index contributed by atoms with van der Waals surface area (Å²) in [5.41, 5.74) is -0.873. The lowest BCUT2D eigenvalue weighted by Gasteiger charge is -2.22. The number of aliphatic carboxylic acids is 1. The molecule has 0 spiro atoms. The highest BCUT2D eigenvalue weighted by atomic mass is 32.2. The Hall–Kier alpha value is -1.87. The predicted molar refractivity (Wildman–Crippen MR) is 94.8 cm³/mol. The predicted octanol–water partition coefficient (Wildman–Crippen LogP) is 1.70. The average Bonchev–Trinajstić information content (AvgIpc) is 3.36. The molecule has 0 bridgehead atoms. The molecule has 1 aromatic heterocycles. The summed E-state index contributed by atoms with van der Waals surface area (Å²) in [6, 6.07) is 1.30. The minimum atomic E-state index is -3.67. The number of fused-ring (bicyclic) bond motifs is 1. The lowest BCUT2D eigenvalue weighted by molar-refractivity contribution is -0.149. The van der Waals surface area contributed by atoms with E-state index < -0.39 is 27.3 Å². The number of carboxylic acids is 1. The molecule has 1 aliphatic carbocycles. The Morgan fingerprint density at radius 3 is 2.59 bits per heavy atom. The molecule has 1 N–H and O–H groups in total. The molecule has 4 rings (SSSR count). The molecule has 3 fully saturated rings. The highest BCUT2D eigenvalue weighted by Gasteiger charge is 2.56. The van der Waals surface area contributed by atoms with Crippen molar-refractivity contribution < 1.29 is 27.5 Å². The van der Waals surface area contributed by atoms with E-state index in [0.29, 0.717) is 26.1 Å². The van der Waals surface area contributed by atoms with Crippen molar-refractivity contribution >= 4 is 21.9 Å². The van der Waals surface area contributed by atoms with E-state index in [1.165, 1.54) is 22.2 Å². The van der Waals surface area contributed by atoms with Gasteiger partial charge in [0.05, 0.1) is 5.41 Å². The number of sulfonamides is 1. The smallest absolute Gasteiger partial charge is 0.311 e. The van der Waals surface area contributed by atoms with Crippen LogP contribution in [0.2, 0.25) is 0 Å². The van der Waals surface area contributed by atoms with E-state index in [1.54, 1.807) is 0 Å². The van der Waals surface area contributed by atoms with Crippen LogP contribution in [0.1, 0.15) is 48.4 Å². The number of hydrogen-bond acceptors (Lipinski definition) is 5. The largest absolute Gasteiger partial charge is 0.481 e. The zero-order chi connectivity index (χ0) is 19.4. The number of carbonyl (C=O) groups is 2. The highest BCUT2D eigenvalue weighted by molar-refractivity contribution is 7.89. The van der Waals surface area contributed by atoms with E-state index in [0.717, 1.165) is 25.7 Å². The number of furan rings is 1. The molecule has 8 nitrogen and oxygen atoms in total. The fourth-order valence-corrected chi connectivity index (χ4v) is 6.52. The fourth-order valence-electron chi connectivity index (χ4n) is 4.84. The molecule has 9 heteroatoms. The number of aryl methyl sites for hydroxylation is 1. The van der Waals surface area contributed by atoms with E-state index in [1.807, 2.05) is 0 Å². The van der Waals surface area contributed by atoms with Gasteiger partial charge in [-0.2, -0.15) is 4.31 Å². The Bertz CT molecular complexity index is 886. The topological polar surface area (TPSA) is 108 Å². The van der Waals surface area contributed by atoms with Gasteiger partial charge < -0.3 is 14.4 Å². The molecule has 2 atom stereocenters. The zero-order valence-corrected chi connectivity index (χ0v) is 16.1. The van der Waals surface area contributed by atoms with Crippen LogP contribution in [0, 0.1) is 18.3 Å². The second-order valence-corrected chi connectivity index (χ2v) is 9.78. The van der Waals surface area contributed by atoms with Gasteiger partial charge in [0.15, 0.2) is 5.76 Å². The van der Waals surface area contributed by atoms with Crippen LogP contribution in [-0.4, -0.2) is 60.8 Å². The van der Waals surface area contributed by atoms with Crippen molar-refractivity contribution in [2.45, 2.75) is 43.9 Å².